The predicted molar refractivity (Wildman–Crippen MR) is 67.2 cm³/mol. The Morgan fingerprint density at radius 1 is 1.53 bits per heavy atom. The van der Waals surface area contributed by atoms with Gasteiger partial charge < -0.3 is 5.73 Å². The average Bonchev–Trinajstić information content (AvgIpc) is 2.71. The van der Waals surface area contributed by atoms with Crippen LogP contribution in [0.3, 0.4) is 0 Å². The first-order valence-corrected chi connectivity index (χ1v) is 6.46. The van der Waals surface area contributed by atoms with Crippen LogP contribution in [0.5, 0.6) is 0 Å². The highest BCUT2D eigenvalue weighted by Gasteiger charge is 2.13. The molecule has 17 heavy (non-hydrogen) atoms. The monoisotopic (exact) mass is 316 g/mol. The second-order valence-electron chi connectivity index (χ2n) is 3.36. The van der Waals surface area contributed by atoms with Gasteiger partial charge in [-0.15, -0.1) is 5.10 Å². The topological polar surface area (TPSA) is 67.6 Å². The Morgan fingerprint density at radius 2 is 2.29 bits per heavy atom. The maximum Gasteiger partial charge on any atom is 0.213 e. The van der Waals surface area contributed by atoms with E-state index in [0.717, 1.165) is 5.56 Å². The molecule has 1 heterocycles. The minimum Gasteiger partial charge on any atom is -0.326 e. The quantitative estimate of drug-likeness (QED) is 0.913. The zero-order valence-corrected chi connectivity index (χ0v) is 11.4. The molecule has 0 saturated carbocycles. The fourth-order valence-corrected chi connectivity index (χ4v) is 2.71. The van der Waals surface area contributed by atoms with E-state index < -0.39 is 0 Å². The Kier molecular flexibility index (Phi) is 3.80. The first-order chi connectivity index (χ1) is 8.11. The van der Waals surface area contributed by atoms with Gasteiger partial charge in [0.15, 0.2) is 5.82 Å². The zero-order chi connectivity index (χ0) is 12.4. The minimum absolute atomic E-state index is 0.294. The van der Waals surface area contributed by atoms with Gasteiger partial charge in [0.25, 0.3) is 0 Å². The van der Waals surface area contributed by atoms with Crippen LogP contribution in [0, 0.1) is 12.7 Å². The zero-order valence-electron chi connectivity index (χ0n) is 9.00. The van der Waals surface area contributed by atoms with Crippen molar-refractivity contribution in [3.63, 3.8) is 0 Å². The summed E-state index contributed by atoms with van der Waals surface area (Å²) in [7, 11) is 0. The van der Waals surface area contributed by atoms with E-state index in [9.17, 15) is 4.39 Å². The molecule has 1 aromatic carbocycles. The molecule has 0 radical (unpaired) electrons. The number of halogens is 2. The highest BCUT2D eigenvalue weighted by molar-refractivity contribution is 9.10. The number of nitrogens with zero attached hydrogens (tertiary/aromatic N) is 2. The molecule has 0 atom stereocenters. The number of aromatic nitrogens is 3. The first kappa shape index (κ1) is 12.5. The van der Waals surface area contributed by atoms with Gasteiger partial charge in [0.05, 0.1) is 9.37 Å². The van der Waals surface area contributed by atoms with Crippen molar-refractivity contribution in [2.45, 2.75) is 23.5 Å². The largest absolute Gasteiger partial charge is 0.326 e. The molecule has 4 nitrogen and oxygen atoms in total. The van der Waals surface area contributed by atoms with E-state index in [4.69, 9.17) is 5.73 Å². The van der Waals surface area contributed by atoms with E-state index in [1.54, 1.807) is 19.1 Å². The van der Waals surface area contributed by atoms with Crippen molar-refractivity contribution in [1.29, 1.82) is 0 Å². The van der Waals surface area contributed by atoms with Gasteiger partial charge >= 0.3 is 0 Å². The lowest BCUT2D eigenvalue weighted by molar-refractivity contribution is 0.591. The summed E-state index contributed by atoms with van der Waals surface area (Å²) in [4.78, 5) is 4.57. The molecule has 2 aromatic rings. The van der Waals surface area contributed by atoms with Gasteiger partial charge in [-0.25, -0.2) is 9.37 Å². The lowest BCUT2D eigenvalue weighted by Gasteiger charge is -2.06. The van der Waals surface area contributed by atoms with Gasteiger partial charge in [0.2, 0.25) is 5.16 Å². The molecular weight excluding hydrogens is 307 g/mol. The Labute approximate surface area is 110 Å². The Balaban J connectivity index is 2.31. The Hall–Kier alpha value is -0.920. The van der Waals surface area contributed by atoms with E-state index in [1.807, 2.05) is 0 Å². The standard InChI is InChI=1S/C10H10BrFN4S/c1-5-14-10(16-15-5)17-7-3-2-6(4-13)8(11)9(7)12/h2-3H,4,13H2,1H3,(H,14,15,16). The van der Waals surface area contributed by atoms with E-state index in [2.05, 4.69) is 31.1 Å². The predicted octanol–water partition coefficient (Wildman–Crippen LogP) is 2.62. The molecule has 0 fully saturated rings. The van der Waals surface area contributed by atoms with Crippen molar-refractivity contribution < 1.29 is 4.39 Å². The molecule has 0 aliphatic rings. The third-order valence-electron chi connectivity index (χ3n) is 2.12. The highest BCUT2D eigenvalue weighted by Crippen LogP contribution is 2.32. The molecule has 0 spiro atoms. The van der Waals surface area contributed by atoms with Gasteiger partial charge in [0, 0.05) is 6.54 Å². The fourth-order valence-electron chi connectivity index (χ4n) is 1.27. The number of rotatable bonds is 3. The van der Waals surface area contributed by atoms with Crippen LogP contribution in [0.25, 0.3) is 0 Å². The lowest BCUT2D eigenvalue weighted by Crippen LogP contribution is -1.99. The number of nitrogens with two attached hydrogens (primary N) is 1. The van der Waals surface area contributed by atoms with Crippen molar-refractivity contribution in [3.8, 4) is 0 Å². The Bertz CT molecular complexity index is 543. The molecule has 0 bridgehead atoms. The van der Waals surface area contributed by atoms with Gasteiger partial charge in [-0.05, 0) is 46.2 Å². The van der Waals surface area contributed by atoms with Crippen molar-refractivity contribution in [2.75, 3.05) is 0 Å². The van der Waals surface area contributed by atoms with Crippen LogP contribution in [-0.4, -0.2) is 15.2 Å². The van der Waals surface area contributed by atoms with E-state index in [-0.39, 0.29) is 5.82 Å². The number of hydrogen-bond donors (Lipinski definition) is 2. The number of H-pyrrole nitrogens is 1. The Morgan fingerprint density at radius 3 is 2.88 bits per heavy atom. The summed E-state index contributed by atoms with van der Waals surface area (Å²) < 4.78 is 14.4. The smallest absolute Gasteiger partial charge is 0.213 e. The average molecular weight is 317 g/mol. The highest BCUT2D eigenvalue weighted by atomic mass is 79.9. The van der Waals surface area contributed by atoms with Gasteiger partial charge in [-0.2, -0.15) is 0 Å². The van der Waals surface area contributed by atoms with Crippen LogP contribution in [0.15, 0.2) is 26.7 Å². The molecule has 0 amide bonds. The number of aromatic amines is 1. The third kappa shape index (κ3) is 2.67. The fraction of sp³-hybridized carbons (Fsp3) is 0.200. The molecule has 0 saturated heterocycles. The van der Waals surface area contributed by atoms with Gasteiger partial charge in [0.1, 0.15) is 5.82 Å². The van der Waals surface area contributed by atoms with Crippen molar-refractivity contribution in [2.24, 2.45) is 5.73 Å². The minimum atomic E-state index is -0.333. The lowest BCUT2D eigenvalue weighted by atomic mass is 10.2. The van der Waals surface area contributed by atoms with Crippen molar-refractivity contribution in [3.05, 3.63) is 33.8 Å². The van der Waals surface area contributed by atoms with Crippen LogP contribution < -0.4 is 5.73 Å². The van der Waals surface area contributed by atoms with E-state index in [0.29, 0.717) is 26.9 Å². The van der Waals surface area contributed by atoms with Crippen LogP contribution in [-0.2, 0) is 6.54 Å². The second-order valence-corrected chi connectivity index (χ2v) is 5.16. The maximum atomic E-state index is 14.0. The van der Waals surface area contributed by atoms with E-state index >= 15 is 0 Å². The molecule has 0 aliphatic heterocycles. The van der Waals surface area contributed by atoms with Gasteiger partial charge in [-0.1, -0.05) is 6.07 Å². The molecule has 3 N–H and O–H groups in total. The van der Waals surface area contributed by atoms with Crippen LogP contribution in [0.1, 0.15) is 11.4 Å². The maximum absolute atomic E-state index is 14.0. The summed E-state index contributed by atoms with van der Waals surface area (Å²) in [5, 5.41) is 7.15. The molecule has 7 heteroatoms. The summed E-state index contributed by atoms with van der Waals surface area (Å²) in [5.41, 5.74) is 6.23. The van der Waals surface area contributed by atoms with Crippen LogP contribution >= 0.6 is 27.7 Å². The summed E-state index contributed by atoms with van der Waals surface area (Å²) in [6, 6.07) is 3.47. The summed E-state index contributed by atoms with van der Waals surface area (Å²) in [6.07, 6.45) is 0. The van der Waals surface area contributed by atoms with Crippen LogP contribution in [0.4, 0.5) is 4.39 Å². The molecular formula is C10H10BrFN4S. The van der Waals surface area contributed by atoms with Crippen LogP contribution in [0.2, 0.25) is 0 Å². The van der Waals surface area contributed by atoms with E-state index in [1.165, 1.54) is 11.8 Å². The normalized spacial score (nSPS) is 10.8. The molecule has 0 unspecified atom stereocenters. The number of benzene rings is 1. The van der Waals surface area contributed by atoms with Crippen molar-refractivity contribution in [1.82, 2.24) is 15.2 Å². The first-order valence-electron chi connectivity index (χ1n) is 4.85. The number of hydrogen-bond acceptors (Lipinski definition) is 4. The molecule has 0 aliphatic carbocycles. The SMILES string of the molecule is Cc1nc(Sc2ccc(CN)c(Br)c2F)n[nH]1. The summed E-state index contributed by atoms with van der Waals surface area (Å²) in [6.45, 7) is 2.09. The molecule has 1 aromatic heterocycles. The van der Waals surface area contributed by atoms with Gasteiger partial charge in [-0.3, -0.25) is 5.10 Å². The second kappa shape index (κ2) is 5.16. The third-order valence-corrected chi connectivity index (χ3v) is 3.88. The molecule has 2 rings (SSSR count). The number of nitrogens with one attached hydrogen (secondary N) is 1. The number of aryl methyl sites for hydroxylation is 1. The summed E-state index contributed by atoms with van der Waals surface area (Å²) >= 11 is 4.36. The molecule has 90 valence electrons. The summed E-state index contributed by atoms with van der Waals surface area (Å²) in [5.74, 6) is 0.367. The van der Waals surface area contributed by atoms with Crippen molar-refractivity contribution >= 4 is 27.7 Å².